The minimum atomic E-state index is -0.222. The van der Waals surface area contributed by atoms with Gasteiger partial charge in [-0.05, 0) is 33.5 Å². The third kappa shape index (κ3) is 3.86. The van der Waals surface area contributed by atoms with Crippen LogP contribution in [0.1, 0.15) is 12.1 Å². The summed E-state index contributed by atoms with van der Waals surface area (Å²) in [6, 6.07) is 1.29. The summed E-state index contributed by atoms with van der Waals surface area (Å²) in [5.41, 5.74) is 0.497. The van der Waals surface area contributed by atoms with E-state index in [1.165, 1.54) is 6.07 Å². The van der Waals surface area contributed by atoms with Crippen molar-refractivity contribution in [1.82, 2.24) is 9.88 Å². The van der Waals surface area contributed by atoms with Crippen LogP contribution in [0.3, 0.4) is 0 Å². The highest BCUT2D eigenvalue weighted by atomic mass is 35.5. The van der Waals surface area contributed by atoms with Crippen molar-refractivity contribution in [3.8, 4) is 0 Å². The molecule has 3 nitrogen and oxygen atoms in total. The summed E-state index contributed by atoms with van der Waals surface area (Å²) in [5.74, 6) is 0. The van der Waals surface area contributed by atoms with Crippen LogP contribution in [-0.2, 0) is 6.42 Å². The van der Waals surface area contributed by atoms with Crippen molar-refractivity contribution in [3.05, 3.63) is 32.2 Å². The third-order valence-corrected chi connectivity index (χ3v) is 2.66. The minimum Gasteiger partial charge on any atom is -0.348 e. The second-order valence-electron chi connectivity index (χ2n) is 3.68. The van der Waals surface area contributed by atoms with E-state index in [-0.39, 0.29) is 10.5 Å². The van der Waals surface area contributed by atoms with E-state index < -0.39 is 0 Å². The maximum atomic E-state index is 11.3. The van der Waals surface area contributed by atoms with Gasteiger partial charge in [-0.2, -0.15) is 0 Å². The summed E-state index contributed by atoms with van der Waals surface area (Å²) in [6.45, 7) is 0.949. The van der Waals surface area contributed by atoms with Crippen molar-refractivity contribution in [1.29, 1.82) is 0 Å². The topological polar surface area (TPSA) is 36.1 Å². The smallest absolute Gasteiger partial charge is 0.201 e. The predicted molar refractivity (Wildman–Crippen MR) is 64.0 cm³/mol. The Hall–Kier alpha value is -0.510. The van der Waals surface area contributed by atoms with Crippen LogP contribution in [0.2, 0.25) is 10.2 Å². The summed E-state index contributed by atoms with van der Waals surface area (Å²) in [7, 11) is 4.00. The molecule has 0 aromatic carbocycles. The minimum absolute atomic E-state index is 0.222. The number of hydrogen-bond acceptors (Lipinski definition) is 2. The van der Waals surface area contributed by atoms with Crippen LogP contribution in [0.5, 0.6) is 0 Å². The van der Waals surface area contributed by atoms with Crippen LogP contribution in [-0.4, -0.2) is 30.5 Å². The van der Waals surface area contributed by atoms with Crippen LogP contribution in [0.4, 0.5) is 0 Å². The number of H-pyrrole nitrogens is 1. The van der Waals surface area contributed by atoms with Gasteiger partial charge in [-0.25, -0.2) is 0 Å². The van der Waals surface area contributed by atoms with Crippen LogP contribution in [0.25, 0.3) is 0 Å². The molecule has 0 radical (unpaired) electrons. The SMILES string of the molecule is CN(C)CCCc1[nH]c(Cl)cc(=O)c1Cl. The Balaban J connectivity index is 2.72. The second kappa shape index (κ2) is 5.54. The summed E-state index contributed by atoms with van der Waals surface area (Å²) in [4.78, 5) is 16.3. The van der Waals surface area contributed by atoms with Crippen LogP contribution < -0.4 is 5.43 Å². The first-order chi connectivity index (χ1) is 7.00. The molecule has 1 heterocycles. The highest BCUT2D eigenvalue weighted by molar-refractivity contribution is 6.32. The molecular weight excluding hydrogens is 235 g/mol. The molecule has 0 aliphatic carbocycles. The first kappa shape index (κ1) is 12.6. The first-order valence-corrected chi connectivity index (χ1v) is 5.48. The molecule has 0 unspecified atom stereocenters. The number of nitrogens with one attached hydrogen (secondary N) is 1. The molecule has 0 bridgehead atoms. The van der Waals surface area contributed by atoms with Crippen molar-refractivity contribution in [2.45, 2.75) is 12.8 Å². The van der Waals surface area contributed by atoms with Crippen LogP contribution in [0.15, 0.2) is 10.9 Å². The molecule has 1 rings (SSSR count). The van der Waals surface area contributed by atoms with E-state index in [1.54, 1.807) is 0 Å². The van der Waals surface area contributed by atoms with E-state index >= 15 is 0 Å². The molecule has 1 aromatic heterocycles. The largest absolute Gasteiger partial charge is 0.348 e. The second-order valence-corrected chi connectivity index (χ2v) is 4.47. The zero-order valence-electron chi connectivity index (χ0n) is 8.81. The van der Waals surface area contributed by atoms with Gasteiger partial charge in [-0.1, -0.05) is 23.2 Å². The van der Waals surface area contributed by atoms with Gasteiger partial charge in [0.25, 0.3) is 0 Å². The Morgan fingerprint density at radius 2 is 2.07 bits per heavy atom. The van der Waals surface area contributed by atoms with E-state index in [9.17, 15) is 4.79 Å². The van der Waals surface area contributed by atoms with Gasteiger partial charge < -0.3 is 9.88 Å². The van der Waals surface area contributed by atoms with Gasteiger partial charge >= 0.3 is 0 Å². The quantitative estimate of drug-likeness (QED) is 0.830. The summed E-state index contributed by atoms with van der Waals surface area (Å²) < 4.78 is 0. The fraction of sp³-hybridized carbons (Fsp3) is 0.500. The highest BCUT2D eigenvalue weighted by Crippen LogP contribution is 2.13. The Labute approximate surface area is 99.0 Å². The van der Waals surface area contributed by atoms with E-state index in [1.807, 2.05) is 14.1 Å². The lowest BCUT2D eigenvalue weighted by Gasteiger charge is -2.09. The average molecular weight is 249 g/mol. The van der Waals surface area contributed by atoms with Crippen LogP contribution in [0, 0.1) is 0 Å². The molecule has 0 aliphatic rings. The normalized spacial score (nSPS) is 11.0. The lowest BCUT2D eigenvalue weighted by atomic mass is 10.2. The number of hydrogen-bond donors (Lipinski definition) is 1. The zero-order chi connectivity index (χ0) is 11.4. The molecule has 84 valence electrons. The number of aryl methyl sites for hydroxylation is 1. The maximum absolute atomic E-state index is 11.3. The molecule has 15 heavy (non-hydrogen) atoms. The molecule has 0 atom stereocenters. The first-order valence-electron chi connectivity index (χ1n) is 4.72. The molecular formula is C10H14Cl2N2O. The lowest BCUT2D eigenvalue weighted by Crippen LogP contribution is -2.14. The number of aromatic nitrogens is 1. The number of aromatic amines is 1. The van der Waals surface area contributed by atoms with Gasteiger partial charge in [-0.3, -0.25) is 4.79 Å². The number of rotatable bonds is 4. The van der Waals surface area contributed by atoms with Crippen molar-refractivity contribution >= 4 is 23.2 Å². The molecule has 0 saturated heterocycles. The van der Waals surface area contributed by atoms with E-state index in [0.717, 1.165) is 25.1 Å². The fourth-order valence-corrected chi connectivity index (χ4v) is 1.72. The summed E-state index contributed by atoms with van der Waals surface area (Å²) in [5, 5.41) is 0.586. The molecule has 1 aromatic rings. The lowest BCUT2D eigenvalue weighted by molar-refractivity contribution is 0.399. The number of pyridine rings is 1. The molecule has 0 saturated carbocycles. The van der Waals surface area contributed by atoms with Crippen molar-refractivity contribution in [2.75, 3.05) is 20.6 Å². The van der Waals surface area contributed by atoms with Gasteiger partial charge in [0.15, 0.2) is 0 Å². The summed E-state index contributed by atoms with van der Waals surface area (Å²) in [6.07, 6.45) is 1.66. The van der Waals surface area contributed by atoms with E-state index in [2.05, 4.69) is 9.88 Å². The molecule has 0 fully saturated rings. The van der Waals surface area contributed by atoms with Crippen molar-refractivity contribution in [3.63, 3.8) is 0 Å². The molecule has 0 amide bonds. The van der Waals surface area contributed by atoms with Gasteiger partial charge in [-0.15, -0.1) is 0 Å². The molecule has 5 heteroatoms. The summed E-state index contributed by atoms with van der Waals surface area (Å²) >= 11 is 11.6. The van der Waals surface area contributed by atoms with Gasteiger partial charge in [0, 0.05) is 11.8 Å². The van der Waals surface area contributed by atoms with Gasteiger partial charge in [0.05, 0.1) is 0 Å². The monoisotopic (exact) mass is 248 g/mol. The third-order valence-electron chi connectivity index (χ3n) is 2.04. The fourth-order valence-electron chi connectivity index (χ4n) is 1.31. The maximum Gasteiger partial charge on any atom is 0.201 e. The van der Waals surface area contributed by atoms with Crippen LogP contribution >= 0.6 is 23.2 Å². The number of halogens is 2. The van der Waals surface area contributed by atoms with Crippen molar-refractivity contribution < 1.29 is 0 Å². The Morgan fingerprint density at radius 3 is 2.67 bits per heavy atom. The highest BCUT2D eigenvalue weighted by Gasteiger charge is 2.06. The van der Waals surface area contributed by atoms with Gasteiger partial charge in [0.1, 0.15) is 10.2 Å². The van der Waals surface area contributed by atoms with Crippen molar-refractivity contribution in [2.24, 2.45) is 0 Å². The Bertz CT molecular complexity index is 387. The molecule has 1 N–H and O–H groups in total. The Morgan fingerprint density at radius 1 is 1.40 bits per heavy atom. The predicted octanol–water partition coefficient (Wildman–Crippen LogP) is 2.18. The van der Waals surface area contributed by atoms with E-state index in [0.29, 0.717) is 5.15 Å². The standard InChI is InChI=1S/C10H14Cl2N2O/c1-14(2)5-3-4-7-10(12)8(15)6-9(11)13-7/h6H,3-5H2,1-2H3,(H,13,15). The average Bonchev–Trinajstić information content (AvgIpc) is 2.12. The zero-order valence-corrected chi connectivity index (χ0v) is 10.3. The van der Waals surface area contributed by atoms with E-state index in [4.69, 9.17) is 23.2 Å². The van der Waals surface area contributed by atoms with Gasteiger partial charge in [0.2, 0.25) is 5.43 Å². The molecule has 0 aliphatic heterocycles. The number of nitrogens with zero attached hydrogens (tertiary/aromatic N) is 1. The molecule has 0 spiro atoms. The Kier molecular flexibility index (Phi) is 4.64.